The average molecular weight is 297 g/mol. The lowest BCUT2D eigenvalue weighted by atomic mass is 11.2. The fraction of sp³-hybridized carbons (Fsp3) is 0.250. The van der Waals surface area contributed by atoms with E-state index in [0.29, 0.717) is 0 Å². The lowest BCUT2D eigenvalue weighted by Crippen LogP contribution is -1.65. The zero-order valence-electron chi connectivity index (χ0n) is 7.60. The van der Waals surface area contributed by atoms with Crippen LogP contribution in [0.3, 0.4) is 0 Å². The van der Waals surface area contributed by atoms with E-state index in [1.807, 2.05) is 70.6 Å². The topological polar surface area (TPSA) is 0 Å². The van der Waals surface area contributed by atoms with Crippen LogP contribution in [-0.4, -0.2) is 12.5 Å². The molecule has 0 fully saturated rings. The summed E-state index contributed by atoms with van der Waals surface area (Å²) in [7, 11) is 0. The van der Waals surface area contributed by atoms with Gasteiger partial charge >= 0.3 is 0 Å². The predicted octanol–water partition coefficient (Wildman–Crippen LogP) is 5.40. The molecule has 0 amide bonds. The summed E-state index contributed by atoms with van der Waals surface area (Å²) in [5, 5.41) is 4.31. The molecule has 2 aliphatic heterocycles. The fourth-order valence-corrected chi connectivity index (χ4v) is 8.08. The third-order valence-electron chi connectivity index (χ3n) is 1.48. The Kier molecular flexibility index (Phi) is 4.71. The molecule has 0 aliphatic carbocycles. The van der Waals surface area contributed by atoms with Gasteiger partial charge < -0.3 is 0 Å². The second-order valence-corrected chi connectivity index (χ2v) is 8.81. The van der Waals surface area contributed by atoms with Gasteiger partial charge in [0.15, 0.2) is 0 Å². The van der Waals surface area contributed by atoms with Crippen LogP contribution in [0.1, 0.15) is 0 Å². The van der Waals surface area contributed by atoms with Crippen LogP contribution in [-0.2, 0) is 0 Å². The monoisotopic (exact) mass is 296 g/mol. The van der Waals surface area contributed by atoms with Crippen LogP contribution in [0.2, 0.25) is 0 Å². The Balaban J connectivity index is 2.14. The van der Waals surface area contributed by atoms with Gasteiger partial charge in [-0.15, -0.1) is 23.5 Å². The number of thioether (sulfide) groups is 6. The van der Waals surface area contributed by atoms with Gasteiger partial charge in [-0.25, -0.2) is 0 Å². The summed E-state index contributed by atoms with van der Waals surface area (Å²) >= 11 is 11.2. The predicted molar refractivity (Wildman–Crippen MR) is 80.6 cm³/mol. The molecule has 0 unspecified atom stereocenters. The number of rotatable bonds is 2. The number of hydrogen-bond acceptors (Lipinski definition) is 6. The first-order valence-electron chi connectivity index (χ1n) is 3.75. The van der Waals surface area contributed by atoms with Gasteiger partial charge in [0, 0.05) is 0 Å². The Labute approximate surface area is 110 Å². The molecule has 6 heteroatoms. The summed E-state index contributed by atoms with van der Waals surface area (Å²) in [6.07, 6.45) is 4.31. The fourth-order valence-electron chi connectivity index (χ4n) is 0.909. The summed E-state index contributed by atoms with van der Waals surface area (Å²) in [5.41, 5.74) is 0. The van der Waals surface area contributed by atoms with Crippen molar-refractivity contribution in [2.75, 3.05) is 12.5 Å². The van der Waals surface area contributed by atoms with Gasteiger partial charge in [-0.05, 0) is 23.3 Å². The lowest BCUT2D eigenvalue weighted by molar-refractivity contribution is 2.30. The first kappa shape index (κ1) is 11.8. The second kappa shape index (κ2) is 5.59. The Morgan fingerprint density at radius 1 is 0.857 bits per heavy atom. The Morgan fingerprint density at radius 2 is 1.36 bits per heavy atom. The highest BCUT2D eigenvalue weighted by atomic mass is 32.3. The lowest BCUT2D eigenvalue weighted by Gasteiger charge is -1.99. The maximum atomic E-state index is 2.16. The third-order valence-corrected chi connectivity index (χ3v) is 9.35. The van der Waals surface area contributed by atoms with Gasteiger partial charge in [0.25, 0.3) is 0 Å². The van der Waals surface area contributed by atoms with Gasteiger partial charge in [0.05, 0.1) is 16.9 Å². The summed E-state index contributed by atoms with van der Waals surface area (Å²) in [5.74, 6) is 0. The SMILES string of the molecule is CSC1=C(SC)SC(=C2SC=CS2)S1. The van der Waals surface area contributed by atoms with Crippen molar-refractivity contribution in [3.8, 4) is 0 Å². The normalized spacial score (nSPS) is 21.6. The van der Waals surface area contributed by atoms with Crippen molar-refractivity contribution >= 4 is 70.6 Å². The summed E-state index contributed by atoms with van der Waals surface area (Å²) in [6.45, 7) is 0. The van der Waals surface area contributed by atoms with E-state index in [4.69, 9.17) is 0 Å². The average Bonchev–Trinajstić information content (AvgIpc) is 2.85. The van der Waals surface area contributed by atoms with E-state index >= 15 is 0 Å². The van der Waals surface area contributed by atoms with Gasteiger partial charge in [-0.1, -0.05) is 47.0 Å². The van der Waals surface area contributed by atoms with E-state index in [9.17, 15) is 0 Å². The second-order valence-electron chi connectivity index (χ2n) is 2.27. The van der Waals surface area contributed by atoms with Crippen molar-refractivity contribution in [2.24, 2.45) is 0 Å². The summed E-state index contributed by atoms with van der Waals surface area (Å²) in [4.78, 5) is 0. The third kappa shape index (κ3) is 2.52. The molecule has 0 spiro atoms. The van der Waals surface area contributed by atoms with Crippen LogP contribution in [0, 0.1) is 0 Å². The molecule has 0 aromatic rings. The molecule has 76 valence electrons. The van der Waals surface area contributed by atoms with E-state index in [0.717, 1.165) is 0 Å². The van der Waals surface area contributed by atoms with E-state index in [2.05, 4.69) is 23.3 Å². The van der Waals surface area contributed by atoms with Crippen LogP contribution < -0.4 is 0 Å². The van der Waals surface area contributed by atoms with E-state index in [1.165, 1.54) is 16.9 Å². The van der Waals surface area contributed by atoms with E-state index in [1.54, 1.807) is 0 Å². The van der Waals surface area contributed by atoms with Gasteiger partial charge in [-0.3, -0.25) is 0 Å². The largest absolute Gasteiger partial charge is 0.121 e. The van der Waals surface area contributed by atoms with Crippen LogP contribution >= 0.6 is 70.6 Å². The van der Waals surface area contributed by atoms with Crippen LogP contribution in [0.4, 0.5) is 0 Å². The number of hydrogen-bond donors (Lipinski definition) is 0. The first-order chi connectivity index (χ1) is 6.85. The summed E-state index contributed by atoms with van der Waals surface area (Å²) in [6, 6.07) is 0. The molecule has 2 rings (SSSR count). The van der Waals surface area contributed by atoms with Gasteiger partial charge in [-0.2, -0.15) is 0 Å². The van der Waals surface area contributed by atoms with Crippen molar-refractivity contribution in [1.29, 1.82) is 0 Å². The van der Waals surface area contributed by atoms with Crippen LogP contribution in [0.15, 0.2) is 27.8 Å². The van der Waals surface area contributed by atoms with E-state index in [-0.39, 0.29) is 0 Å². The zero-order valence-corrected chi connectivity index (χ0v) is 12.5. The first-order valence-corrected chi connectivity index (χ1v) is 9.60. The van der Waals surface area contributed by atoms with Crippen molar-refractivity contribution in [2.45, 2.75) is 0 Å². The Bertz CT molecular complexity index is 299. The molecule has 0 radical (unpaired) electrons. The maximum absolute atomic E-state index is 2.16. The minimum absolute atomic E-state index is 1.44. The minimum Gasteiger partial charge on any atom is -0.121 e. The summed E-state index contributed by atoms with van der Waals surface area (Å²) < 4.78 is 5.81. The molecule has 0 saturated heterocycles. The minimum atomic E-state index is 1.44. The van der Waals surface area contributed by atoms with E-state index < -0.39 is 0 Å². The standard InChI is InChI=1S/C8H8S6/c1-9-5-6(10-2)14-8(13-5)7-11-3-4-12-7/h3-4H,1-2H3. The van der Waals surface area contributed by atoms with Crippen molar-refractivity contribution in [3.05, 3.63) is 27.8 Å². The molecule has 2 aliphatic rings. The van der Waals surface area contributed by atoms with Crippen LogP contribution in [0.25, 0.3) is 0 Å². The van der Waals surface area contributed by atoms with Gasteiger partial charge in [0.1, 0.15) is 0 Å². The smallest absolute Gasteiger partial charge is 0.0717 e. The molecule has 0 N–H and O–H groups in total. The highest BCUT2D eigenvalue weighted by molar-refractivity contribution is 8.42. The van der Waals surface area contributed by atoms with Crippen molar-refractivity contribution in [1.82, 2.24) is 0 Å². The Morgan fingerprint density at radius 3 is 1.79 bits per heavy atom. The molecule has 0 aromatic heterocycles. The molecule has 14 heavy (non-hydrogen) atoms. The molecular weight excluding hydrogens is 288 g/mol. The molecule has 0 atom stereocenters. The molecule has 0 nitrogen and oxygen atoms in total. The van der Waals surface area contributed by atoms with Crippen molar-refractivity contribution in [3.63, 3.8) is 0 Å². The highest BCUT2D eigenvalue weighted by Gasteiger charge is 2.24. The zero-order chi connectivity index (χ0) is 9.97. The molecular formula is C8H8S6. The van der Waals surface area contributed by atoms with Crippen LogP contribution in [0.5, 0.6) is 0 Å². The van der Waals surface area contributed by atoms with Gasteiger partial charge in [0.2, 0.25) is 0 Å². The molecule has 0 bridgehead atoms. The molecule has 0 saturated carbocycles. The Hall–Kier alpha value is 1.32. The molecule has 0 aromatic carbocycles. The maximum Gasteiger partial charge on any atom is 0.0717 e. The molecule has 2 heterocycles. The van der Waals surface area contributed by atoms with Crippen molar-refractivity contribution < 1.29 is 0 Å². The highest BCUT2D eigenvalue weighted by Crippen LogP contribution is 2.60. The quantitative estimate of drug-likeness (QED) is 0.664.